The van der Waals surface area contributed by atoms with Gasteiger partial charge in [0, 0.05) is 23.5 Å². The van der Waals surface area contributed by atoms with Crippen molar-refractivity contribution < 1.29 is 9.21 Å². The fourth-order valence-corrected chi connectivity index (χ4v) is 2.31. The maximum Gasteiger partial charge on any atom is 0.307 e. The molecule has 114 valence electrons. The van der Waals surface area contributed by atoms with Crippen LogP contribution in [0.1, 0.15) is 21.7 Å². The summed E-state index contributed by atoms with van der Waals surface area (Å²) >= 11 is 3.16. The van der Waals surface area contributed by atoms with Gasteiger partial charge in [-0.15, -0.1) is 0 Å². The smallest absolute Gasteiger partial charge is 0.307 e. The second-order valence-electron chi connectivity index (χ2n) is 4.61. The summed E-state index contributed by atoms with van der Waals surface area (Å²) in [4.78, 5) is 16.1. The molecule has 0 bridgehead atoms. The Bertz CT molecular complexity index is 788. The molecular formula is C17H12BrN3O2. The number of hydrogen-bond donors (Lipinski definition) is 1. The lowest BCUT2D eigenvalue weighted by molar-refractivity contribution is 0.0926. The molecule has 0 fully saturated rings. The molecule has 2 aromatic heterocycles. The summed E-state index contributed by atoms with van der Waals surface area (Å²) in [5.41, 5.74) is 4.91. The van der Waals surface area contributed by atoms with Gasteiger partial charge < -0.3 is 4.42 Å². The highest BCUT2D eigenvalue weighted by molar-refractivity contribution is 9.10. The highest BCUT2D eigenvalue weighted by atomic mass is 79.9. The third-order valence-corrected chi connectivity index (χ3v) is 3.49. The average molecular weight is 370 g/mol. The minimum Gasteiger partial charge on any atom is -0.444 e. The van der Waals surface area contributed by atoms with Gasteiger partial charge in [-0.2, -0.15) is 5.10 Å². The lowest BCUT2D eigenvalue weighted by atomic mass is 10.0. The van der Waals surface area contributed by atoms with Gasteiger partial charge in [0.15, 0.2) is 10.4 Å². The number of carbonyl (C=O) groups excluding carboxylic acids is 1. The van der Waals surface area contributed by atoms with Crippen LogP contribution in [0.3, 0.4) is 0 Å². The summed E-state index contributed by atoms with van der Waals surface area (Å²) in [7, 11) is 0. The molecule has 6 heteroatoms. The standard InChI is InChI=1S/C17H12BrN3O2/c18-15-7-6-14(23-15)17(22)21-20-16(12-4-2-1-3-5-12)13-8-10-19-11-9-13/h1-11H,(H,21,22)/b20-16+. The molecule has 3 rings (SSSR count). The van der Waals surface area contributed by atoms with Gasteiger partial charge in [-0.1, -0.05) is 30.3 Å². The molecule has 5 nitrogen and oxygen atoms in total. The molecule has 0 aliphatic carbocycles. The van der Waals surface area contributed by atoms with E-state index in [2.05, 4.69) is 31.4 Å². The van der Waals surface area contributed by atoms with Crippen LogP contribution in [0.2, 0.25) is 0 Å². The first-order valence-corrected chi connectivity index (χ1v) is 7.62. The van der Waals surface area contributed by atoms with Gasteiger partial charge in [0.1, 0.15) is 0 Å². The Morgan fingerprint density at radius 1 is 1.00 bits per heavy atom. The number of furan rings is 1. The van der Waals surface area contributed by atoms with Crippen molar-refractivity contribution in [1.29, 1.82) is 0 Å². The predicted molar refractivity (Wildman–Crippen MR) is 90.2 cm³/mol. The van der Waals surface area contributed by atoms with Gasteiger partial charge in [0.25, 0.3) is 0 Å². The number of rotatable bonds is 4. The summed E-state index contributed by atoms with van der Waals surface area (Å²) in [5, 5.41) is 4.26. The van der Waals surface area contributed by atoms with Gasteiger partial charge in [-0.3, -0.25) is 9.78 Å². The number of benzene rings is 1. The van der Waals surface area contributed by atoms with E-state index in [0.29, 0.717) is 10.4 Å². The van der Waals surface area contributed by atoms with Crippen LogP contribution < -0.4 is 5.43 Å². The van der Waals surface area contributed by atoms with Crippen LogP contribution in [-0.2, 0) is 0 Å². The number of hydrazone groups is 1. The highest BCUT2D eigenvalue weighted by Gasteiger charge is 2.11. The summed E-state index contributed by atoms with van der Waals surface area (Å²) < 4.78 is 5.70. The van der Waals surface area contributed by atoms with Crippen molar-refractivity contribution in [2.45, 2.75) is 0 Å². The van der Waals surface area contributed by atoms with E-state index in [1.807, 2.05) is 42.5 Å². The van der Waals surface area contributed by atoms with Crippen LogP contribution in [0.5, 0.6) is 0 Å². The van der Waals surface area contributed by atoms with Crippen molar-refractivity contribution in [3.05, 3.63) is 88.5 Å². The molecule has 0 unspecified atom stereocenters. The molecule has 1 N–H and O–H groups in total. The van der Waals surface area contributed by atoms with Crippen molar-refractivity contribution >= 4 is 27.5 Å². The Morgan fingerprint density at radius 3 is 2.35 bits per heavy atom. The Labute approximate surface area is 141 Å². The van der Waals surface area contributed by atoms with E-state index < -0.39 is 5.91 Å². The topological polar surface area (TPSA) is 67.5 Å². The molecule has 0 aliphatic heterocycles. The van der Waals surface area contributed by atoms with E-state index >= 15 is 0 Å². The number of halogens is 1. The van der Waals surface area contributed by atoms with E-state index in [-0.39, 0.29) is 5.76 Å². The molecule has 1 amide bonds. The second kappa shape index (κ2) is 7.02. The van der Waals surface area contributed by atoms with Crippen molar-refractivity contribution in [3.63, 3.8) is 0 Å². The van der Waals surface area contributed by atoms with Crippen molar-refractivity contribution in [2.24, 2.45) is 5.10 Å². The number of amides is 1. The van der Waals surface area contributed by atoms with Gasteiger partial charge >= 0.3 is 5.91 Å². The Balaban J connectivity index is 1.91. The summed E-state index contributed by atoms with van der Waals surface area (Å²) in [6, 6.07) is 16.5. The van der Waals surface area contributed by atoms with Crippen LogP contribution in [0, 0.1) is 0 Å². The first kappa shape index (κ1) is 15.2. The fraction of sp³-hybridized carbons (Fsp3) is 0. The zero-order chi connectivity index (χ0) is 16.1. The third kappa shape index (κ3) is 3.73. The monoisotopic (exact) mass is 369 g/mol. The zero-order valence-corrected chi connectivity index (χ0v) is 13.5. The van der Waals surface area contributed by atoms with E-state index in [1.54, 1.807) is 24.5 Å². The zero-order valence-electron chi connectivity index (χ0n) is 11.9. The third-order valence-electron chi connectivity index (χ3n) is 3.07. The molecule has 0 spiro atoms. The maximum absolute atomic E-state index is 12.1. The molecule has 23 heavy (non-hydrogen) atoms. The number of hydrogen-bond acceptors (Lipinski definition) is 4. The Hall–Kier alpha value is -2.73. The average Bonchev–Trinajstić information content (AvgIpc) is 3.03. The summed E-state index contributed by atoms with van der Waals surface area (Å²) in [6.07, 6.45) is 3.36. The molecule has 1 aromatic carbocycles. The van der Waals surface area contributed by atoms with Crippen molar-refractivity contribution in [3.8, 4) is 0 Å². The first-order chi connectivity index (χ1) is 11.2. The Morgan fingerprint density at radius 2 is 1.70 bits per heavy atom. The highest BCUT2D eigenvalue weighted by Crippen LogP contribution is 2.14. The van der Waals surface area contributed by atoms with Crippen LogP contribution in [0.25, 0.3) is 0 Å². The van der Waals surface area contributed by atoms with Gasteiger partial charge in [0.2, 0.25) is 0 Å². The van der Waals surface area contributed by atoms with Gasteiger partial charge in [-0.05, 0) is 40.2 Å². The number of carbonyl (C=O) groups is 1. The van der Waals surface area contributed by atoms with Gasteiger partial charge in [0.05, 0.1) is 5.71 Å². The first-order valence-electron chi connectivity index (χ1n) is 6.83. The molecule has 0 saturated carbocycles. The molecule has 2 heterocycles. The van der Waals surface area contributed by atoms with Crippen LogP contribution >= 0.6 is 15.9 Å². The predicted octanol–water partition coefficient (Wildman–Crippen LogP) is 3.62. The van der Waals surface area contributed by atoms with Crippen molar-refractivity contribution in [2.75, 3.05) is 0 Å². The van der Waals surface area contributed by atoms with E-state index in [0.717, 1.165) is 11.1 Å². The molecule has 0 atom stereocenters. The quantitative estimate of drug-likeness (QED) is 0.564. The molecule has 0 aliphatic rings. The normalized spacial score (nSPS) is 11.3. The largest absolute Gasteiger partial charge is 0.444 e. The molecule has 3 aromatic rings. The minimum atomic E-state index is -0.418. The number of aromatic nitrogens is 1. The van der Waals surface area contributed by atoms with Crippen LogP contribution in [-0.4, -0.2) is 16.6 Å². The number of nitrogens with one attached hydrogen (secondary N) is 1. The second-order valence-corrected chi connectivity index (χ2v) is 5.39. The maximum atomic E-state index is 12.1. The lowest BCUT2D eigenvalue weighted by Crippen LogP contribution is -2.20. The summed E-state index contributed by atoms with van der Waals surface area (Å²) in [6.45, 7) is 0. The van der Waals surface area contributed by atoms with E-state index in [4.69, 9.17) is 4.42 Å². The molecule has 0 radical (unpaired) electrons. The van der Waals surface area contributed by atoms with Crippen LogP contribution in [0.15, 0.2) is 81.2 Å². The summed E-state index contributed by atoms with van der Waals surface area (Å²) in [5.74, 6) is -0.235. The van der Waals surface area contributed by atoms with Crippen molar-refractivity contribution in [1.82, 2.24) is 10.4 Å². The molecule has 0 saturated heterocycles. The SMILES string of the molecule is O=C(N/N=C(\c1ccccc1)c1ccncc1)c1ccc(Br)o1. The van der Waals surface area contributed by atoms with E-state index in [1.165, 1.54) is 0 Å². The number of nitrogens with zero attached hydrogens (tertiary/aromatic N) is 2. The Kier molecular flexibility index (Phi) is 4.63. The lowest BCUT2D eigenvalue weighted by Gasteiger charge is -2.07. The fourth-order valence-electron chi connectivity index (χ4n) is 2.00. The number of pyridine rings is 1. The van der Waals surface area contributed by atoms with Crippen LogP contribution in [0.4, 0.5) is 0 Å². The van der Waals surface area contributed by atoms with E-state index in [9.17, 15) is 4.79 Å². The minimum absolute atomic E-state index is 0.183. The van der Waals surface area contributed by atoms with Gasteiger partial charge in [-0.25, -0.2) is 5.43 Å². The molecular weight excluding hydrogens is 358 g/mol.